The Labute approximate surface area is 173 Å². The molecule has 4 rings (SSSR count). The maximum atomic E-state index is 12.2. The van der Waals surface area contributed by atoms with Crippen molar-refractivity contribution in [3.63, 3.8) is 0 Å². The fraction of sp³-hybridized carbons (Fsp3) is 0.182. The van der Waals surface area contributed by atoms with Crippen LogP contribution in [0.25, 0.3) is 22.4 Å². The van der Waals surface area contributed by atoms with E-state index in [9.17, 15) is 4.79 Å². The van der Waals surface area contributed by atoms with Crippen LogP contribution in [0.15, 0.2) is 60.5 Å². The molecule has 0 unspecified atom stereocenters. The zero-order valence-electron chi connectivity index (χ0n) is 16.7. The van der Waals surface area contributed by atoms with Gasteiger partial charge < -0.3 is 14.8 Å². The van der Waals surface area contributed by atoms with Gasteiger partial charge in [0.05, 0.1) is 26.1 Å². The number of fused-ring (bicyclic) bond motifs is 1. The average molecular weight is 403 g/mol. The molecule has 152 valence electrons. The molecule has 2 amide bonds. The molecule has 2 N–H and O–H groups in total. The first-order valence-electron chi connectivity index (χ1n) is 9.47. The monoisotopic (exact) mass is 403 g/mol. The van der Waals surface area contributed by atoms with Crippen LogP contribution < -0.4 is 20.1 Å². The summed E-state index contributed by atoms with van der Waals surface area (Å²) in [5, 5.41) is 5.49. The number of rotatable bonds is 5. The van der Waals surface area contributed by atoms with Crippen LogP contribution >= 0.6 is 0 Å². The number of nitrogens with one attached hydrogen (secondary N) is 2. The van der Waals surface area contributed by atoms with Crippen molar-refractivity contribution in [2.75, 3.05) is 19.5 Å². The van der Waals surface area contributed by atoms with Gasteiger partial charge in [0.1, 0.15) is 5.52 Å². The predicted octanol–water partition coefficient (Wildman–Crippen LogP) is 4.06. The van der Waals surface area contributed by atoms with Crippen LogP contribution in [0.1, 0.15) is 12.8 Å². The van der Waals surface area contributed by atoms with Crippen LogP contribution in [0.2, 0.25) is 0 Å². The second-order valence-electron chi connectivity index (χ2n) is 6.58. The molecule has 0 atom stereocenters. The van der Waals surface area contributed by atoms with Gasteiger partial charge in [0, 0.05) is 11.3 Å². The number of benzene rings is 1. The number of pyridine rings is 1. The van der Waals surface area contributed by atoms with Gasteiger partial charge in [-0.3, -0.25) is 5.32 Å². The number of ether oxygens (including phenoxy) is 2. The second-order valence-corrected chi connectivity index (χ2v) is 6.58. The molecule has 0 saturated heterocycles. The zero-order chi connectivity index (χ0) is 20.9. The molecule has 8 heteroatoms. The smallest absolute Gasteiger partial charge is 0.324 e. The van der Waals surface area contributed by atoms with Crippen LogP contribution in [-0.2, 0) is 0 Å². The Bertz CT molecular complexity index is 1160. The number of allylic oxidation sites excluding steroid dienone is 3. The van der Waals surface area contributed by atoms with Crippen molar-refractivity contribution in [3.05, 3.63) is 60.5 Å². The summed E-state index contributed by atoms with van der Waals surface area (Å²) >= 11 is 0. The van der Waals surface area contributed by atoms with E-state index >= 15 is 0 Å². The quantitative estimate of drug-likeness (QED) is 0.667. The van der Waals surface area contributed by atoms with Crippen molar-refractivity contribution in [2.24, 2.45) is 0 Å². The lowest BCUT2D eigenvalue weighted by atomic mass is 10.1. The number of urea groups is 1. The van der Waals surface area contributed by atoms with E-state index in [4.69, 9.17) is 9.47 Å². The van der Waals surface area contributed by atoms with Gasteiger partial charge in [0.25, 0.3) is 0 Å². The van der Waals surface area contributed by atoms with Crippen LogP contribution in [-0.4, -0.2) is 35.2 Å². The molecule has 8 nitrogen and oxygen atoms in total. The van der Waals surface area contributed by atoms with E-state index in [1.165, 1.54) is 6.20 Å². The largest absolute Gasteiger partial charge is 0.493 e. The Morgan fingerprint density at radius 3 is 2.63 bits per heavy atom. The fourth-order valence-corrected chi connectivity index (χ4v) is 3.10. The first-order valence-corrected chi connectivity index (χ1v) is 9.47. The van der Waals surface area contributed by atoms with Gasteiger partial charge in [-0.05, 0) is 49.2 Å². The SMILES string of the molecule is COc1ccc(-c2ccc3ncc(NC(=O)NC4=CCCC=C4)nc3n2)cc1OC. The lowest BCUT2D eigenvalue weighted by molar-refractivity contribution is 0.254. The van der Waals surface area contributed by atoms with E-state index in [1.807, 2.05) is 48.6 Å². The summed E-state index contributed by atoms with van der Waals surface area (Å²) < 4.78 is 10.6. The Balaban J connectivity index is 1.57. The van der Waals surface area contributed by atoms with Crippen LogP contribution in [0.5, 0.6) is 11.5 Å². The molecule has 1 aliphatic rings. The summed E-state index contributed by atoms with van der Waals surface area (Å²) in [6.45, 7) is 0. The third-order valence-electron chi connectivity index (χ3n) is 4.58. The molecule has 0 fully saturated rings. The Hall–Kier alpha value is -3.94. The molecule has 0 aliphatic heterocycles. The van der Waals surface area contributed by atoms with Crippen molar-refractivity contribution in [2.45, 2.75) is 12.8 Å². The third-order valence-corrected chi connectivity index (χ3v) is 4.58. The average Bonchev–Trinajstić information content (AvgIpc) is 2.78. The van der Waals surface area contributed by atoms with Gasteiger partial charge in [-0.15, -0.1) is 0 Å². The highest BCUT2D eigenvalue weighted by molar-refractivity contribution is 5.90. The fourth-order valence-electron chi connectivity index (χ4n) is 3.10. The minimum absolute atomic E-state index is 0.317. The number of anilines is 1. The Kier molecular flexibility index (Phi) is 5.56. The highest BCUT2D eigenvalue weighted by atomic mass is 16.5. The minimum atomic E-state index is -0.377. The minimum Gasteiger partial charge on any atom is -0.493 e. The number of hydrogen-bond donors (Lipinski definition) is 2. The van der Waals surface area contributed by atoms with Crippen molar-refractivity contribution < 1.29 is 14.3 Å². The molecule has 0 spiro atoms. The summed E-state index contributed by atoms with van der Waals surface area (Å²) in [6.07, 6.45) is 9.27. The van der Waals surface area contributed by atoms with Crippen molar-refractivity contribution >= 4 is 23.0 Å². The topological polar surface area (TPSA) is 98.3 Å². The number of hydrogen-bond acceptors (Lipinski definition) is 6. The van der Waals surface area contributed by atoms with Gasteiger partial charge in [-0.25, -0.2) is 19.7 Å². The van der Waals surface area contributed by atoms with Crippen molar-refractivity contribution in [1.82, 2.24) is 20.3 Å². The maximum absolute atomic E-state index is 12.2. The number of amides is 2. The molecule has 30 heavy (non-hydrogen) atoms. The van der Waals surface area contributed by atoms with Crippen molar-refractivity contribution in [3.8, 4) is 22.8 Å². The normalized spacial score (nSPS) is 12.9. The van der Waals surface area contributed by atoms with Crippen molar-refractivity contribution in [1.29, 1.82) is 0 Å². The third kappa shape index (κ3) is 4.22. The van der Waals surface area contributed by atoms with Crippen LogP contribution in [0, 0.1) is 0 Å². The molecule has 0 saturated carbocycles. The number of aromatic nitrogens is 3. The molecular weight excluding hydrogens is 382 g/mol. The molecule has 2 aromatic heterocycles. The molecule has 1 aliphatic carbocycles. The van der Waals surface area contributed by atoms with Gasteiger partial charge in [0.2, 0.25) is 0 Å². The van der Waals surface area contributed by atoms with E-state index in [-0.39, 0.29) is 6.03 Å². The van der Waals surface area contributed by atoms with Gasteiger partial charge >= 0.3 is 6.03 Å². The first-order chi connectivity index (χ1) is 14.7. The summed E-state index contributed by atoms with van der Waals surface area (Å²) in [7, 11) is 3.18. The van der Waals surface area contributed by atoms with E-state index in [0.29, 0.717) is 34.2 Å². The molecule has 0 bridgehead atoms. The lowest BCUT2D eigenvalue weighted by Gasteiger charge is -2.11. The summed E-state index contributed by atoms with van der Waals surface area (Å²) in [6, 6.07) is 8.88. The highest BCUT2D eigenvalue weighted by Crippen LogP contribution is 2.32. The number of carbonyl (C=O) groups is 1. The molecule has 1 aromatic carbocycles. The highest BCUT2D eigenvalue weighted by Gasteiger charge is 2.11. The van der Waals surface area contributed by atoms with E-state index < -0.39 is 0 Å². The van der Waals surface area contributed by atoms with E-state index in [0.717, 1.165) is 24.1 Å². The second kappa shape index (κ2) is 8.60. The lowest BCUT2D eigenvalue weighted by Crippen LogP contribution is -2.28. The molecule has 3 aromatic rings. The van der Waals surface area contributed by atoms with Gasteiger partial charge in [-0.2, -0.15) is 0 Å². The van der Waals surface area contributed by atoms with E-state index in [1.54, 1.807) is 14.2 Å². The zero-order valence-corrected chi connectivity index (χ0v) is 16.7. The predicted molar refractivity (Wildman–Crippen MR) is 114 cm³/mol. The summed E-state index contributed by atoms with van der Waals surface area (Å²) in [5.41, 5.74) is 3.38. The standard InChI is InChI=1S/C22H21N5O3/c1-29-18-11-8-14(12-19(18)30-2)16-9-10-17-21(25-16)26-20(13-23-17)27-22(28)24-15-6-4-3-5-7-15/h4,6-13H,3,5H2,1-2H3,(H2,24,25,26,27,28). The number of carbonyl (C=O) groups excluding carboxylic acids is 1. The number of methoxy groups -OCH3 is 2. The van der Waals surface area contributed by atoms with Gasteiger partial charge in [-0.1, -0.05) is 12.2 Å². The summed E-state index contributed by atoms with van der Waals surface area (Å²) in [4.78, 5) is 25.6. The molecular formula is C22H21N5O3. The van der Waals surface area contributed by atoms with Gasteiger partial charge in [0.15, 0.2) is 23.0 Å². The summed E-state index contributed by atoms with van der Waals surface area (Å²) in [5.74, 6) is 1.57. The first kappa shape index (κ1) is 19.4. The Morgan fingerprint density at radius 2 is 1.87 bits per heavy atom. The van der Waals surface area contributed by atoms with Crippen LogP contribution in [0.4, 0.5) is 10.6 Å². The maximum Gasteiger partial charge on any atom is 0.324 e. The van der Waals surface area contributed by atoms with Crippen LogP contribution in [0.3, 0.4) is 0 Å². The number of nitrogens with zero attached hydrogens (tertiary/aromatic N) is 3. The van der Waals surface area contributed by atoms with E-state index in [2.05, 4.69) is 25.6 Å². The molecule has 2 heterocycles. The molecule has 0 radical (unpaired) electrons. The Morgan fingerprint density at radius 1 is 1.00 bits per heavy atom.